The standard InChI is InChI=1S/C15H24N2O3/c1-5-6-7-8-12(17-16)11-9-14(19-3)15(20-4)10-13(11)18-2/h5,9-10,12,17H,1,6-8,16H2,2-4H3. The van der Waals surface area contributed by atoms with Gasteiger partial charge in [-0.05, 0) is 25.3 Å². The molecule has 5 nitrogen and oxygen atoms in total. The maximum Gasteiger partial charge on any atom is 0.164 e. The third kappa shape index (κ3) is 3.88. The van der Waals surface area contributed by atoms with Gasteiger partial charge in [0.05, 0.1) is 21.3 Å². The van der Waals surface area contributed by atoms with Gasteiger partial charge in [-0.3, -0.25) is 11.3 Å². The first kappa shape index (κ1) is 16.3. The number of nitrogens with two attached hydrogens (primary N) is 1. The minimum Gasteiger partial charge on any atom is -0.496 e. The van der Waals surface area contributed by atoms with E-state index in [-0.39, 0.29) is 6.04 Å². The Morgan fingerprint density at radius 1 is 1.15 bits per heavy atom. The molecule has 0 aliphatic rings. The second kappa shape index (κ2) is 8.45. The molecule has 1 unspecified atom stereocenters. The first-order valence-electron chi connectivity index (χ1n) is 6.58. The van der Waals surface area contributed by atoms with E-state index in [2.05, 4.69) is 12.0 Å². The van der Waals surface area contributed by atoms with Crippen molar-refractivity contribution < 1.29 is 14.2 Å². The van der Waals surface area contributed by atoms with Crippen LogP contribution in [0.3, 0.4) is 0 Å². The number of hydrogen-bond acceptors (Lipinski definition) is 5. The third-order valence-electron chi connectivity index (χ3n) is 3.21. The number of ether oxygens (including phenoxy) is 3. The molecule has 0 aliphatic heterocycles. The summed E-state index contributed by atoms with van der Waals surface area (Å²) in [6, 6.07) is 3.70. The average molecular weight is 280 g/mol. The quantitative estimate of drug-likeness (QED) is 0.315. The van der Waals surface area contributed by atoms with Gasteiger partial charge in [0, 0.05) is 17.7 Å². The molecule has 0 aromatic heterocycles. The van der Waals surface area contributed by atoms with E-state index in [1.807, 2.05) is 18.2 Å². The minimum absolute atomic E-state index is 0.00953. The predicted molar refractivity (Wildman–Crippen MR) is 80.2 cm³/mol. The van der Waals surface area contributed by atoms with Crippen molar-refractivity contribution in [3.8, 4) is 17.2 Å². The van der Waals surface area contributed by atoms with Crippen LogP contribution in [0, 0.1) is 0 Å². The molecular weight excluding hydrogens is 256 g/mol. The summed E-state index contributed by atoms with van der Waals surface area (Å²) in [6.07, 6.45) is 4.73. The summed E-state index contributed by atoms with van der Waals surface area (Å²) >= 11 is 0. The summed E-state index contributed by atoms with van der Waals surface area (Å²) in [4.78, 5) is 0. The van der Waals surface area contributed by atoms with Crippen LogP contribution in [0.25, 0.3) is 0 Å². The van der Waals surface area contributed by atoms with Gasteiger partial charge in [0.2, 0.25) is 0 Å². The number of unbranched alkanes of at least 4 members (excludes halogenated alkanes) is 1. The van der Waals surface area contributed by atoms with Crippen LogP contribution in [-0.4, -0.2) is 21.3 Å². The van der Waals surface area contributed by atoms with Crippen molar-refractivity contribution in [3.63, 3.8) is 0 Å². The molecule has 1 rings (SSSR count). The zero-order chi connectivity index (χ0) is 15.0. The van der Waals surface area contributed by atoms with Crippen LogP contribution in [0.4, 0.5) is 0 Å². The van der Waals surface area contributed by atoms with Gasteiger partial charge in [-0.15, -0.1) is 6.58 Å². The molecule has 112 valence electrons. The van der Waals surface area contributed by atoms with Crippen molar-refractivity contribution >= 4 is 0 Å². The Hall–Kier alpha value is -1.72. The Labute approximate surface area is 120 Å². The van der Waals surface area contributed by atoms with Crippen molar-refractivity contribution in [1.82, 2.24) is 5.43 Å². The van der Waals surface area contributed by atoms with E-state index < -0.39 is 0 Å². The maximum atomic E-state index is 5.67. The third-order valence-corrected chi connectivity index (χ3v) is 3.21. The Bertz CT molecular complexity index is 435. The van der Waals surface area contributed by atoms with Crippen LogP contribution in [0.15, 0.2) is 24.8 Å². The van der Waals surface area contributed by atoms with E-state index in [1.165, 1.54) is 0 Å². The van der Waals surface area contributed by atoms with Crippen LogP contribution in [-0.2, 0) is 0 Å². The summed E-state index contributed by atoms with van der Waals surface area (Å²) in [6.45, 7) is 3.73. The van der Waals surface area contributed by atoms with Crippen molar-refractivity contribution in [1.29, 1.82) is 0 Å². The van der Waals surface area contributed by atoms with Crippen molar-refractivity contribution in [2.45, 2.75) is 25.3 Å². The van der Waals surface area contributed by atoms with Crippen LogP contribution in [0.1, 0.15) is 30.9 Å². The first-order valence-corrected chi connectivity index (χ1v) is 6.58. The van der Waals surface area contributed by atoms with E-state index in [4.69, 9.17) is 20.1 Å². The van der Waals surface area contributed by atoms with Gasteiger partial charge >= 0.3 is 0 Å². The maximum absolute atomic E-state index is 5.67. The van der Waals surface area contributed by atoms with Crippen LogP contribution >= 0.6 is 0 Å². The van der Waals surface area contributed by atoms with E-state index in [0.717, 1.165) is 30.6 Å². The number of hydrogen-bond donors (Lipinski definition) is 2. The lowest BCUT2D eigenvalue weighted by atomic mass is 10.00. The molecule has 0 radical (unpaired) electrons. The van der Waals surface area contributed by atoms with Gasteiger partial charge < -0.3 is 14.2 Å². The fourth-order valence-electron chi connectivity index (χ4n) is 2.12. The molecule has 1 aromatic carbocycles. The van der Waals surface area contributed by atoms with Gasteiger partial charge in [0.15, 0.2) is 11.5 Å². The molecule has 0 amide bonds. The molecule has 0 saturated carbocycles. The lowest BCUT2D eigenvalue weighted by Crippen LogP contribution is -2.28. The molecule has 1 atom stereocenters. The molecule has 0 spiro atoms. The predicted octanol–water partition coefficient (Wildman–Crippen LogP) is 2.57. The number of benzene rings is 1. The Balaban J connectivity index is 3.08. The largest absolute Gasteiger partial charge is 0.496 e. The molecule has 0 saturated heterocycles. The zero-order valence-corrected chi connectivity index (χ0v) is 12.4. The highest BCUT2D eigenvalue weighted by atomic mass is 16.5. The fourth-order valence-corrected chi connectivity index (χ4v) is 2.12. The van der Waals surface area contributed by atoms with Crippen molar-refractivity contribution in [2.24, 2.45) is 5.84 Å². The molecule has 5 heteroatoms. The number of nitrogens with one attached hydrogen (secondary N) is 1. The highest BCUT2D eigenvalue weighted by Crippen LogP contribution is 2.38. The molecule has 0 bridgehead atoms. The second-order valence-electron chi connectivity index (χ2n) is 4.39. The normalized spacial score (nSPS) is 11.8. The Morgan fingerprint density at radius 2 is 1.75 bits per heavy atom. The molecule has 3 N–H and O–H groups in total. The van der Waals surface area contributed by atoms with E-state index in [0.29, 0.717) is 11.5 Å². The minimum atomic E-state index is -0.00953. The van der Waals surface area contributed by atoms with Gasteiger partial charge in [-0.1, -0.05) is 6.08 Å². The number of methoxy groups -OCH3 is 3. The SMILES string of the molecule is C=CCCCC(NN)c1cc(OC)c(OC)cc1OC. The van der Waals surface area contributed by atoms with Gasteiger partial charge in [-0.25, -0.2) is 0 Å². The van der Waals surface area contributed by atoms with Crippen LogP contribution in [0.5, 0.6) is 17.2 Å². The van der Waals surface area contributed by atoms with Crippen molar-refractivity contribution in [2.75, 3.05) is 21.3 Å². The van der Waals surface area contributed by atoms with Gasteiger partial charge in [0.25, 0.3) is 0 Å². The monoisotopic (exact) mass is 280 g/mol. The smallest absolute Gasteiger partial charge is 0.164 e. The molecule has 1 aromatic rings. The lowest BCUT2D eigenvalue weighted by molar-refractivity contribution is 0.344. The number of hydrazine groups is 1. The summed E-state index contributed by atoms with van der Waals surface area (Å²) in [7, 11) is 4.83. The summed E-state index contributed by atoms with van der Waals surface area (Å²) in [5.41, 5.74) is 3.79. The van der Waals surface area contributed by atoms with E-state index >= 15 is 0 Å². The Morgan fingerprint density at radius 3 is 2.25 bits per heavy atom. The summed E-state index contributed by atoms with van der Waals surface area (Å²) < 4.78 is 16.0. The fraction of sp³-hybridized carbons (Fsp3) is 0.467. The summed E-state index contributed by atoms with van der Waals surface area (Å²) in [5.74, 6) is 7.69. The highest BCUT2D eigenvalue weighted by molar-refractivity contribution is 5.51. The average Bonchev–Trinajstić information content (AvgIpc) is 2.50. The van der Waals surface area contributed by atoms with Crippen LogP contribution in [0.2, 0.25) is 0 Å². The molecule has 20 heavy (non-hydrogen) atoms. The number of rotatable bonds is 9. The van der Waals surface area contributed by atoms with Gasteiger partial charge in [-0.2, -0.15) is 0 Å². The van der Waals surface area contributed by atoms with E-state index in [9.17, 15) is 0 Å². The summed E-state index contributed by atoms with van der Waals surface area (Å²) in [5, 5.41) is 0. The molecular formula is C15H24N2O3. The lowest BCUT2D eigenvalue weighted by Gasteiger charge is -2.21. The van der Waals surface area contributed by atoms with E-state index in [1.54, 1.807) is 21.3 Å². The van der Waals surface area contributed by atoms with Crippen molar-refractivity contribution in [3.05, 3.63) is 30.4 Å². The Kier molecular flexibility index (Phi) is 6.90. The number of allylic oxidation sites excluding steroid dienone is 1. The molecule has 0 heterocycles. The first-order chi connectivity index (χ1) is 9.71. The highest BCUT2D eigenvalue weighted by Gasteiger charge is 2.18. The van der Waals surface area contributed by atoms with Gasteiger partial charge in [0.1, 0.15) is 5.75 Å². The topological polar surface area (TPSA) is 65.7 Å². The molecule has 0 aliphatic carbocycles. The second-order valence-corrected chi connectivity index (χ2v) is 4.39. The molecule has 0 fully saturated rings. The zero-order valence-electron chi connectivity index (χ0n) is 12.4. The van der Waals surface area contributed by atoms with Crippen LogP contribution < -0.4 is 25.5 Å².